The van der Waals surface area contributed by atoms with Gasteiger partial charge in [-0.2, -0.15) is 0 Å². The van der Waals surface area contributed by atoms with Gasteiger partial charge in [0.2, 0.25) is 11.8 Å². The minimum absolute atomic E-state index is 0.0407. The van der Waals surface area contributed by atoms with Gasteiger partial charge in [0.15, 0.2) is 0 Å². The molecule has 1 saturated heterocycles. The van der Waals surface area contributed by atoms with E-state index in [1.54, 1.807) is 0 Å². The van der Waals surface area contributed by atoms with E-state index in [0.717, 1.165) is 50.8 Å². The lowest BCUT2D eigenvalue weighted by molar-refractivity contribution is -0.135. The Hall–Kier alpha value is -1.88. The van der Waals surface area contributed by atoms with E-state index < -0.39 is 0 Å². The van der Waals surface area contributed by atoms with E-state index in [1.807, 2.05) is 28.0 Å². The van der Waals surface area contributed by atoms with Crippen molar-refractivity contribution in [1.29, 1.82) is 0 Å². The summed E-state index contributed by atoms with van der Waals surface area (Å²) >= 11 is 0. The Morgan fingerprint density at radius 2 is 1.81 bits per heavy atom. The lowest BCUT2D eigenvalue weighted by Crippen LogP contribution is -2.45. The highest BCUT2D eigenvalue weighted by Crippen LogP contribution is 2.32. The molecule has 0 radical (unpaired) electrons. The molecular formula is C21H29N3O2. The van der Waals surface area contributed by atoms with Gasteiger partial charge in [-0.25, -0.2) is 0 Å². The van der Waals surface area contributed by atoms with Crippen LogP contribution >= 0.6 is 0 Å². The molecule has 0 unspecified atom stereocenters. The quantitative estimate of drug-likeness (QED) is 0.905. The topological polar surface area (TPSA) is 66.6 Å². The van der Waals surface area contributed by atoms with Crippen LogP contribution in [0.25, 0.3) is 0 Å². The third-order valence-corrected chi connectivity index (χ3v) is 6.50. The fraction of sp³-hybridized carbons (Fsp3) is 0.619. The molecular weight excluding hydrogens is 326 g/mol. The van der Waals surface area contributed by atoms with Crippen LogP contribution < -0.4 is 10.6 Å². The average Bonchev–Trinajstić information content (AvgIpc) is 3.28. The lowest BCUT2D eigenvalue weighted by Gasteiger charge is -2.34. The third kappa shape index (κ3) is 3.37. The number of anilines is 1. The number of carbonyl (C=O) groups excluding carboxylic acids is 2. The molecule has 0 bridgehead atoms. The largest absolute Gasteiger partial charge is 0.343 e. The van der Waals surface area contributed by atoms with E-state index in [9.17, 15) is 9.59 Å². The van der Waals surface area contributed by atoms with Gasteiger partial charge < -0.3 is 15.5 Å². The van der Waals surface area contributed by atoms with Gasteiger partial charge in [-0.1, -0.05) is 24.6 Å². The Kier molecular flexibility index (Phi) is 4.98. The maximum atomic E-state index is 13.0. The van der Waals surface area contributed by atoms with E-state index in [2.05, 4.69) is 6.07 Å². The van der Waals surface area contributed by atoms with Crippen molar-refractivity contribution in [3.05, 3.63) is 29.8 Å². The first kappa shape index (κ1) is 17.5. The van der Waals surface area contributed by atoms with Gasteiger partial charge in [0.1, 0.15) is 0 Å². The maximum absolute atomic E-state index is 13.0. The second kappa shape index (κ2) is 7.39. The van der Waals surface area contributed by atoms with Gasteiger partial charge in [0.25, 0.3) is 0 Å². The number of nitrogens with two attached hydrogens (primary N) is 1. The van der Waals surface area contributed by atoms with Crippen LogP contribution in [0.2, 0.25) is 0 Å². The Bertz CT molecular complexity index is 682. The molecule has 1 aromatic carbocycles. The lowest BCUT2D eigenvalue weighted by atomic mass is 9.93. The van der Waals surface area contributed by atoms with E-state index >= 15 is 0 Å². The van der Waals surface area contributed by atoms with Crippen LogP contribution in [-0.4, -0.2) is 42.4 Å². The maximum Gasteiger partial charge on any atom is 0.230 e. The molecule has 26 heavy (non-hydrogen) atoms. The van der Waals surface area contributed by atoms with Crippen molar-refractivity contribution in [2.45, 2.75) is 51.0 Å². The van der Waals surface area contributed by atoms with Crippen LogP contribution in [-0.2, 0) is 16.0 Å². The standard InChI is InChI=1S/C21H29N3O2/c22-18-6-3-5-17(18)14-20(25)23-11-8-16(9-12-23)21(26)24-13-10-15-4-1-2-7-19(15)24/h1-2,4,7,16-18H,3,5-6,8-14,22H2/t17-,18+/m0/s1. The molecule has 1 aliphatic carbocycles. The highest BCUT2D eigenvalue weighted by Gasteiger charge is 2.34. The number of fused-ring (bicyclic) bond motifs is 1. The molecule has 2 fully saturated rings. The molecule has 2 N–H and O–H groups in total. The number of piperidine rings is 1. The zero-order valence-electron chi connectivity index (χ0n) is 15.4. The van der Waals surface area contributed by atoms with Gasteiger partial charge >= 0.3 is 0 Å². The summed E-state index contributed by atoms with van der Waals surface area (Å²) in [6, 6.07) is 8.38. The molecule has 5 nitrogen and oxygen atoms in total. The Labute approximate surface area is 155 Å². The summed E-state index contributed by atoms with van der Waals surface area (Å²) in [5.74, 6) is 0.853. The number of carbonyl (C=O) groups is 2. The second-order valence-electron chi connectivity index (χ2n) is 8.08. The summed E-state index contributed by atoms with van der Waals surface area (Å²) in [5, 5.41) is 0. The minimum atomic E-state index is 0.0407. The summed E-state index contributed by atoms with van der Waals surface area (Å²) in [6.07, 6.45) is 6.36. The normalized spacial score (nSPS) is 26.2. The van der Waals surface area contributed by atoms with Gasteiger partial charge in [0.05, 0.1) is 0 Å². The van der Waals surface area contributed by atoms with Crippen molar-refractivity contribution >= 4 is 17.5 Å². The molecule has 2 heterocycles. The van der Waals surface area contributed by atoms with E-state index in [1.165, 1.54) is 5.56 Å². The van der Waals surface area contributed by atoms with Crippen LogP contribution in [0.15, 0.2) is 24.3 Å². The van der Waals surface area contributed by atoms with Crippen molar-refractivity contribution in [2.75, 3.05) is 24.5 Å². The number of amides is 2. The van der Waals surface area contributed by atoms with Crippen LogP contribution in [0, 0.1) is 11.8 Å². The first-order valence-electron chi connectivity index (χ1n) is 10.1. The molecule has 0 spiro atoms. The number of para-hydroxylation sites is 1. The monoisotopic (exact) mass is 355 g/mol. The summed E-state index contributed by atoms with van der Waals surface area (Å²) in [5.41, 5.74) is 8.45. The smallest absolute Gasteiger partial charge is 0.230 e. The van der Waals surface area contributed by atoms with Gasteiger partial charge in [-0.05, 0) is 49.7 Å². The van der Waals surface area contributed by atoms with Gasteiger partial charge in [-0.3, -0.25) is 9.59 Å². The molecule has 140 valence electrons. The summed E-state index contributed by atoms with van der Waals surface area (Å²) in [6.45, 7) is 2.19. The number of likely N-dealkylation sites (tertiary alicyclic amines) is 1. The number of nitrogens with zero attached hydrogens (tertiary/aromatic N) is 2. The van der Waals surface area contributed by atoms with E-state index in [0.29, 0.717) is 25.4 Å². The van der Waals surface area contributed by atoms with Crippen LogP contribution in [0.3, 0.4) is 0 Å². The van der Waals surface area contributed by atoms with E-state index in [4.69, 9.17) is 5.73 Å². The molecule has 4 rings (SSSR count). The molecule has 2 atom stereocenters. The third-order valence-electron chi connectivity index (χ3n) is 6.50. The molecule has 3 aliphatic rings. The average molecular weight is 355 g/mol. The SMILES string of the molecule is N[C@@H]1CCC[C@H]1CC(=O)N1CCC(C(=O)N2CCc3ccccc32)CC1. The minimum Gasteiger partial charge on any atom is -0.343 e. The first-order valence-corrected chi connectivity index (χ1v) is 10.1. The summed E-state index contributed by atoms with van der Waals surface area (Å²) in [7, 11) is 0. The first-order chi connectivity index (χ1) is 12.6. The van der Waals surface area contributed by atoms with Crippen LogP contribution in [0.1, 0.15) is 44.1 Å². The Balaban J connectivity index is 1.31. The molecule has 2 amide bonds. The predicted molar refractivity (Wildman–Crippen MR) is 102 cm³/mol. The number of benzene rings is 1. The Morgan fingerprint density at radius 3 is 2.54 bits per heavy atom. The number of hydrogen-bond donors (Lipinski definition) is 1. The zero-order valence-corrected chi connectivity index (χ0v) is 15.4. The van der Waals surface area contributed by atoms with Crippen LogP contribution in [0.4, 0.5) is 5.69 Å². The van der Waals surface area contributed by atoms with Crippen molar-refractivity contribution in [3.8, 4) is 0 Å². The van der Waals surface area contributed by atoms with Crippen molar-refractivity contribution in [2.24, 2.45) is 17.6 Å². The summed E-state index contributed by atoms with van der Waals surface area (Å²) in [4.78, 5) is 29.4. The van der Waals surface area contributed by atoms with Crippen LogP contribution in [0.5, 0.6) is 0 Å². The van der Waals surface area contributed by atoms with Crippen molar-refractivity contribution < 1.29 is 9.59 Å². The molecule has 1 saturated carbocycles. The number of rotatable bonds is 3. The predicted octanol–water partition coefficient (Wildman–Crippen LogP) is 2.33. The van der Waals surface area contributed by atoms with Crippen molar-refractivity contribution in [1.82, 2.24) is 4.90 Å². The fourth-order valence-electron chi connectivity index (χ4n) is 4.84. The molecule has 1 aromatic rings. The highest BCUT2D eigenvalue weighted by atomic mass is 16.2. The van der Waals surface area contributed by atoms with Gasteiger partial charge in [-0.15, -0.1) is 0 Å². The molecule has 0 aromatic heterocycles. The Morgan fingerprint density at radius 1 is 1.04 bits per heavy atom. The highest BCUT2D eigenvalue weighted by molar-refractivity contribution is 5.97. The molecule has 5 heteroatoms. The van der Waals surface area contributed by atoms with E-state index in [-0.39, 0.29) is 23.8 Å². The number of hydrogen-bond acceptors (Lipinski definition) is 3. The fourth-order valence-corrected chi connectivity index (χ4v) is 4.84. The summed E-state index contributed by atoms with van der Waals surface area (Å²) < 4.78 is 0. The second-order valence-corrected chi connectivity index (χ2v) is 8.08. The van der Waals surface area contributed by atoms with Crippen molar-refractivity contribution in [3.63, 3.8) is 0 Å². The van der Waals surface area contributed by atoms with Gasteiger partial charge in [0, 0.05) is 43.7 Å². The molecule has 2 aliphatic heterocycles. The zero-order chi connectivity index (χ0) is 18.1.